The molecule has 114 valence electrons. The maximum atomic E-state index is 4.85. The molecule has 0 bridgehead atoms. The Morgan fingerprint density at radius 2 is 1.71 bits per heavy atom. The standard InChI is InChI=1S/C18H27N3/c1-6-17-16(11-19-5)18(7-2)21(20-17)12-15-9-13(3)8-14(4)10-15/h8-10,19H,6-7,11-12H2,1-5H3. The van der Waals surface area contributed by atoms with Crippen LogP contribution in [0.3, 0.4) is 0 Å². The highest BCUT2D eigenvalue weighted by Gasteiger charge is 2.15. The van der Waals surface area contributed by atoms with E-state index in [1.165, 1.54) is 33.6 Å². The molecule has 0 amide bonds. The summed E-state index contributed by atoms with van der Waals surface area (Å²) in [5.41, 5.74) is 7.95. The molecule has 0 fully saturated rings. The van der Waals surface area contributed by atoms with Crippen molar-refractivity contribution in [3.63, 3.8) is 0 Å². The van der Waals surface area contributed by atoms with Gasteiger partial charge in [0.15, 0.2) is 0 Å². The fourth-order valence-electron chi connectivity index (χ4n) is 3.11. The number of aryl methyl sites for hydroxylation is 3. The van der Waals surface area contributed by atoms with E-state index in [9.17, 15) is 0 Å². The zero-order chi connectivity index (χ0) is 15.4. The number of hydrogen-bond donors (Lipinski definition) is 1. The number of benzene rings is 1. The van der Waals surface area contributed by atoms with Crippen molar-refractivity contribution in [1.82, 2.24) is 15.1 Å². The first-order valence-electron chi connectivity index (χ1n) is 7.88. The van der Waals surface area contributed by atoms with E-state index in [2.05, 4.69) is 55.9 Å². The van der Waals surface area contributed by atoms with Crippen LogP contribution in [0, 0.1) is 13.8 Å². The van der Waals surface area contributed by atoms with Crippen LogP contribution in [0.25, 0.3) is 0 Å². The molecular weight excluding hydrogens is 258 g/mol. The summed E-state index contributed by atoms with van der Waals surface area (Å²) >= 11 is 0. The number of rotatable bonds is 6. The van der Waals surface area contributed by atoms with Crippen molar-refractivity contribution in [2.24, 2.45) is 0 Å². The molecule has 0 saturated heterocycles. The van der Waals surface area contributed by atoms with E-state index in [4.69, 9.17) is 5.10 Å². The van der Waals surface area contributed by atoms with E-state index in [1.54, 1.807) is 0 Å². The highest BCUT2D eigenvalue weighted by atomic mass is 15.3. The van der Waals surface area contributed by atoms with Crippen molar-refractivity contribution < 1.29 is 0 Å². The topological polar surface area (TPSA) is 29.9 Å². The number of nitrogens with one attached hydrogen (secondary N) is 1. The minimum absolute atomic E-state index is 0.863. The van der Waals surface area contributed by atoms with Gasteiger partial charge in [-0.25, -0.2) is 0 Å². The maximum absolute atomic E-state index is 4.85. The van der Waals surface area contributed by atoms with Gasteiger partial charge >= 0.3 is 0 Å². The van der Waals surface area contributed by atoms with Crippen molar-refractivity contribution in [1.29, 1.82) is 0 Å². The lowest BCUT2D eigenvalue weighted by Crippen LogP contribution is -2.10. The van der Waals surface area contributed by atoms with E-state index in [0.29, 0.717) is 0 Å². The molecule has 0 aliphatic rings. The van der Waals surface area contributed by atoms with Crippen molar-refractivity contribution in [3.05, 3.63) is 51.8 Å². The van der Waals surface area contributed by atoms with E-state index >= 15 is 0 Å². The first kappa shape index (κ1) is 15.8. The Hall–Kier alpha value is -1.61. The summed E-state index contributed by atoms with van der Waals surface area (Å²) in [7, 11) is 2.00. The van der Waals surface area contributed by atoms with Crippen molar-refractivity contribution in [3.8, 4) is 0 Å². The fraction of sp³-hybridized carbons (Fsp3) is 0.500. The molecule has 0 saturated carbocycles. The highest BCUT2D eigenvalue weighted by Crippen LogP contribution is 2.18. The molecule has 0 spiro atoms. The summed E-state index contributed by atoms with van der Waals surface area (Å²) in [4.78, 5) is 0. The van der Waals surface area contributed by atoms with Crippen molar-refractivity contribution >= 4 is 0 Å². The Morgan fingerprint density at radius 1 is 1.05 bits per heavy atom. The van der Waals surface area contributed by atoms with Crippen LogP contribution in [0.5, 0.6) is 0 Å². The molecular formula is C18H27N3. The molecule has 2 rings (SSSR count). The van der Waals surface area contributed by atoms with Gasteiger partial charge in [0.2, 0.25) is 0 Å². The molecule has 1 aromatic carbocycles. The summed E-state index contributed by atoms with van der Waals surface area (Å²) in [6.45, 7) is 10.5. The van der Waals surface area contributed by atoms with Gasteiger partial charge in [0.1, 0.15) is 0 Å². The molecule has 0 aliphatic carbocycles. The normalized spacial score (nSPS) is 11.1. The lowest BCUT2D eigenvalue weighted by molar-refractivity contribution is 0.638. The van der Waals surface area contributed by atoms with Gasteiger partial charge < -0.3 is 5.32 Å². The average molecular weight is 285 g/mol. The number of hydrogen-bond acceptors (Lipinski definition) is 2. The third-order valence-corrected chi connectivity index (χ3v) is 3.89. The average Bonchev–Trinajstić information content (AvgIpc) is 2.75. The zero-order valence-electron chi connectivity index (χ0n) is 14.0. The lowest BCUT2D eigenvalue weighted by Gasteiger charge is -2.09. The monoisotopic (exact) mass is 285 g/mol. The van der Waals surface area contributed by atoms with Crippen LogP contribution in [-0.2, 0) is 25.9 Å². The fourth-order valence-corrected chi connectivity index (χ4v) is 3.11. The number of nitrogens with zero attached hydrogens (tertiary/aromatic N) is 2. The Balaban J connectivity index is 2.39. The van der Waals surface area contributed by atoms with Gasteiger partial charge in [-0.1, -0.05) is 43.2 Å². The maximum Gasteiger partial charge on any atom is 0.0669 e. The molecule has 1 heterocycles. The summed E-state index contributed by atoms with van der Waals surface area (Å²) in [6.07, 6.45) is 2.01. The Bertz CT molecular complexity index is 591. The first-order chi connectivity index (χ1) is 10.1. The third-order valence-electron chi connectivity index (χ3n) is 3.89. The Kier molecular flexibility index (Phi) is 5.18. The molecule has 21 heavy (non-hydrogen) atoms. The predicted octanol–water partition coefficient (Wildman–Crippen LogP) is 3.39. The van der Waals surface area contributed by atoms with Crippen LogP contribution in [0.15, 0.2) is 18.2 Å². The van der Waals surface area contributed by atoms with E-state index < -0.39 is 0 Å². The lowest BCUT2D eigenvalue weighted by atomic mass is 10.1. The largest absolute Gasteiger partial charge is 0.316 e. The second kappa shape index (κ2) is 6.90. The van der Waals surface area contributed by atoms with Gasteiger partial charge in [0, 0.05) is 17.8 Å². The molecule has 0 radical (unpaired) electrons. The van der Waals surface area contributed by atoms with Crippen molar-refractivity contribution in [2.75, 3.05) is 7.05 Å². The quantitative estimate of drug-likeness (QED) is 0.881. The van der Waals surface area contributed by atoms with Gasteiger partial charge in [0.25, 0.3) is 0 Å². The molecule has 1 aromatic heterocycles. The van der Waals surface area contributed by atoms with E-state index in [0.717, 1.165) is 25.9 Å². The van der Waals surface area contributed by atoms with Crippen LogP contribution in [0.2, 0.25) is 0 Å². The van der Waals surface area contributed by atoms with Gasteiger partial charge in [-0.3, -0.25) is 4.68 Å². The second-order valence-electron chi connectivity index (χ2n) is 5.76. The second-order valence-corrected chi connectivity index (χ2v) is 5.76. The summed E-state index contributed by atoms with van der Waals surface area (Å²) in [6, 6.07) is 6.74. The molecule has 0 atom stereocenters. The predicted molar refractivity (Wildman–Crippen MR) is 88.8 cm³/mol. The number of aromatic nitrogens is 2. The van der Waals surface area contributed by atoms with Crippen molar-refractivity contribution in [2.45, 2.75) is 53.6 Å². The SMILES string of the molecule is CCc1nn(Cc2cc(C)cc(C)c2)c(CC)c1CNC. The molecule has 1 N–H and O–H groups in total. The van der Waals surface area contributed by atoms with Crippen LogP contribution < -0.4 is 5.32 Å². The summed E-state index contributed by atoms with van der Waals surface area (Å²) in [5, 5.41) is 8.12. The van der Waals surface area contributed by atoms with E-state index in [1.807, 2.05) is 7.05 Å². The molecule has 0 unspecified atom stereocenters. The molecule has 0 aliphatic heterocycles. The van der Waals surface area contributed by atoms with Gasteiger partial charge in [-0.15, -0.1) is 0 Å². The van der Waals surface area contributed by atoms with Gasteiger partial charge in [-0.2, -0.15) is 5.10 Å². The van der Waals surface area contributed by atoms with Crippen LogP contribution in [0.4, 0.5) is 0 Å². The summed E-state index contributed by atoms with van der Waals surface area (Å²) in [5.74, 6) is 0. The summed E-state index contributed by atoms with van der Waals surface area (Å²) < 4.78 is 2.19. The van der Waals surface area contributed by atoms with Crippen LogP contribution in [-0.4, -0.2) is 16.8 Å². The van der Waals surface area contributed by atoms with Crippen LogP contribution in [0.1, 0.15) is 47.5 Å². The first-order valence-corrected chi connectivity index (χ1v) is 7.88. The van der Waals surface area contributed by atoms with Crippen LogP contribution >= 0.6 is 0 Å². The smallest absolute Gasteiger partial charge is 0.0669 e. The highest BCUT2D eigenvalue weighted by molar-refractivity contribution is 5.31. The molecule has 3 nitrogen and oxygen atoms in total. The van der Waals surface area contributed by atoms with Gasteiger partial charge in [-0.05, 0) is 39.3 Å². The van der Waals surface area contributed by atoms with E-state index in [-0.39, 0.29) is 0 Å². The molecule has 2 aromatic rings. The minimum atomic E-state index is 0.863. The third kappa shape index (κ3) is 3.53. The Labute approximate surface area is 128 Å². The Morgan fingerprint density at radius 3 is 2.24 bits per heavy atom. The molecule has 3 heteroatoms. The van der Waals surface area contributed by atoms with Gasteiger partial charge in [0.05, 0.1) is 12.2 Å². The minimum Gasteiger partial charge on any atom is -0.316 e. The zero-order valence-corrected chi connectivity index (χ0v) is 14.0.